The highest BCUT2D eigenvalue weighted by Gasteiger charge is 2.26. The Bertz CT molecular complexity index is 1210. The van der Waals surface area contributed by atoms with Gasteiger partial charge in [0.1, 0.15) is 11.5 Å². The first-order valence-electron chi connectivity index (χ1n) is 9.00. The van der Waals surface area contributed by atoms with Crippen LogP contribution >= 0.6 is 11.6 Å². The third-order valence-corrected chi connectivity index (χ3v) is 7.12. The monoisotopic (exact) mass is 432 g/mol. The number of nitrogens with zero attached hydrogens (tertiary/aromatic N) is 2. The number of methoxy groups -OCH3 is 2. The molecule has 0 N–H and O–H groups in total. The lowest BCUT2D eigenvalue weighted by Crippen LogP contribution is -2.14. The predicted octanol–water partition coefficient (Wildman–Crippen LogP) is 3.79. The number of likely N-dealkylation sites (N-methyl/N-ethyl adjacent to an activating group) is 1. The summed E-state index contributed by atoms with van der Waals surface area (Å²) in [6.07, 6.45) is 1.65. The van der Waals surface area contributed by atoms with E-state index in [9.17, 15) is 8.42 Å². The minimum absolute atomic E-state index is 0.182. The normalized spacial score (nSPS) is 15.3. The minimum Gasteiger partial charge on any atom is -0.497 e. The molecule has 0 spiro atoms. The van der Waals surface area contributed by atoms with Gasteiger partial charge in [-0.15, -0.1) is 0 Å². The first-order chi connectivity index (χ1) is 13.8. The number of aromatic nitrogens is 1. The van der Waals surface area contributed by atoms with E-state index in [0.717, 1.165) is 21.6 Å². The molecule has 1 aliphatic heterocycles. The summed E-state index contributed by atoms with van der Waals surface area (Å²) >= 11 is 6.49. The molecule has 0 unspecified atom stereocenters. The highest BCUT2D eigenvalue weighted by molar-refractivity contribution is 7.90. The smallest absolute Gasteiger partial charge is 0.268 e. The van der Waals surface area contributed by atoms with Gasteiger partial charge >= 0.3 is 0 Å². The zero-order chi connectivity index (χ0) is 20.8. The van der Waals surface area contributed by atoms with Crippen LogP contribution in [0.1, 0.15) is 5.56 Å². The Labute approximate surface area is 174 Å². The Hall–Kier alpha value is -2.48. The van der Waals surface area contributed by atoms with Gasteiger partial charge in [-0.05, 0) is 55.1 Å². The fourth-order valence-corrected chi connectivity index (χ4v) is 5.32. The maximum Gasteiger partial charge on any atom is 0.268 e. The molecule has 6 nitrogen and oxygen atoms in total. The van der Waals surface area contributed by atoms with Crippen molar-refractivity contribution >= 4 is 38.1 Å². The van der Waals surface area contributed by atoms with Crippen LogP contribution in [0, 0.1) is 0 Å². The summed E-state index contributed by atoms with van der Waals surface area (Å²) in [6.45, 7) is 1.29. The van der Waals surface area contributed by atoms with E-state index >= 15 is 0 Å². The molecule has 0 saturated carbocycles. The van der Waals surface area contributed by atoms with Crippen LogP contribution in [0.5, 0.6) is 11.5 Å². The van der Waals surface area contributed by atoms with Crippen LogP contribution in [0.15, 0.2) is 58.6 Å². The van der Waals surface area contributed by atoms with Gasteiger partial charge in [0.25, 0.3) is 10.0 Å². The number of ether oxygens (including phenoxy) is 2. The van der Waals surface area contributed by atoms with Crippen molar-refractivity contribution in [1.82, 2.24) is 8.87 Å². The molecule has 0 aliphatic carbocycles. The Morgan fingerprint density at radius 1 is 0.966 bits per heavy atom. The molecule has 0 amide bonds. The lowest BCUT2D eigenvalue weighted by Gasteiger charge is -2.08. The molecule has 2 aromatic carbocycles. The summed E-state index contributed by atoms with van der Waals surface area (Å²) in [5, 5.41) is 1.50. The van der Waals surface area contributed by atoms with Crippen LogP contribution in [0.4, 0.5) is 0 Å². The summed E-state index contributed by atoms with van der Waals surface area (Å²) in [4.78, 5) is 2.26. The van der Waals surface area contributed by atoms with Gasteiger partial charge in [0.05, 0.1) is 24.6 Å². The summed E-state index contributed by atoms with van der Waals surface area (Å²) < 4.78 is 38.6. The van der Waals surface area contributed by atoms with E-state index in [1.807, 2.05) is 13.1 Å². The summed E-state index contributed by atoms with van der Waals surface area (Å²) in [7, 11) is 1.29. The molecule has 0 bridgehead atoms. The molecule has 1 aromatic heterocycles. The van der Waals surface area contributed by atoms with Gasteiger partial charge in [-0.2, -0.15) is 0 Å². The van der Waals surface area contributed by atoms with Crippen molar-refractivity contribution in [2.45, 2.75) is 4.90 Å². The van der Waals surface area contributed by atoms with Crippen molar-refractivity contribution < 1.29 is 17.9 Å². The van der Waals surface area contributed by atoms with Gasteiger partial charge < -0.3 is 9.47 Å². The van der Waals surface area contributed by atoms with E-state index in [0.29, 0.717) is 30.1 Å². The average molecular weight is 433 g/mol. The summed E-state index contributed by atoms with van der Waals surface area (Å²) in [5.41, 5.74) is 2.30. The molecule has 2 heterocycles. The SMILES string of the molecule is COc1ccc(S(=O)(=O)n2cc(C3=C(Cl)CN(C)C3)c3cc(OC)ccc32)cc1. The van der Waals surface area contributed by atoms with Crippen molar-refractivity contribution in [3.8, 4) is 11.5 Å². The zero-order valence-electron chi connectivity index (χ0n) is 16.3. The molecule has 0 fully saturated rings. The molecule has 0 atom stereocenters. The number of fused-ring (bicyclic) bond motifs is 1. The van der Waals surface area contributed by atoms with E-state index in [4.69, 9.17) is 21.1 Å². The average Bonchev–Trinajstić information content (AvgIpc) is 3.26. The third-order valence-electron chi connectivity index (χ3n) is 5.08. The first-order valence-corrected chi connectivity index (χ1v) is 10.8. The highest BCUT2D eigenvalue weighted by Crippen LogP contribution is 2.37. The summed E-state index contributed by atoms with van der Waals surface area (Å²) in [6, 6.07) is 11.7. The fraction of sp³-hybridized carbons (Fsp3) is 0.238. The van der Waals surface area contributed by atoms with E-state index in [-0.39, 0.29) is 4.90 Å². The molecule has 0 radical (unpaired) electrons. The highest BCUT2D eigenvalue weighted by atomic mass is 35.5. The van der Waals surface area contributed by atoms with Crippen LogP contribution in [-0.2, 0) is 10.0 Å². The van der Waals surface area contributed by atoms with Crippen molar-refractivity contribution in [1.29, 1.82) is 0 Å². The Balaban J connectivity index is 1.94. The van der Waals surface area contributed by atoms with Gasteiger partial charge in [0.2, 0.25) is 0 Å². The van der Waals surface area contributed by atoms with Crippen molar-refractivity contribution in [2.75, 3.05) is 34.4 Å². The molecule has 152 valence electrons. The molecular weight excluding hydrogens is 412 g/mol. The quantitative estimate of drug-likeness (QED) is 0.613. The van der Waals surface area contributed by atoms with Gasteiger partial charge in [0.15, 0.2) is 0 Å². The topological polar surface area (TPSA) is 60.8 Å². The van der Waals surface area contributed by atoms with E-state index in [1.165, 1.54) is 3.97 Å². The van der Waals surface area contributed by atoms with Crippen LogP contribution in [0.3, 0.4) is 0 Å². The maximum absolute atomic E-state index is 13.4. The first kappa shape index (κ1) is 19.8. The molecule has 8 heteroatoms. The van der Waals surface area contributed by atoms with Crippen LogP contribution in [-0.4, -0.2) is 51.6 Å². The molecular formula is C21H21ClN2O4S. The third kappa shape index (κ3) is 3.39. The van der Waals surface area contributed by atoms with Gasteiger partial charge in [0, 0.05) is 35.3 Å². The Kier molecular flexibility index (Phi) is 5.06. The molecule has 29 heavy (non-hydrogen) atoms. The van der Waals surface area contributed by atoms with E-state index in [1.54, 1.807) is 56.8 Å². The van der Waals surface area contributed by atoms with Gasteiger partial charge in [-0.3, -0.25) is 4.90 Å². The predicted molar refractivity (Wildman–Crippen MR) is 114 cm³/mol. The largest absolute Gasteiger partial charge is 0.497 e. The lowest BCUT2D eigenvalue weighted by molar-refractivity contribution is 0.414. The van der Waals surface area contributed by atoms with E-state index in [2.05, 4.69) is 4.90 Å². The number of hydrogen-bond acceptors (Lipinski definition) is 5. The van der Waals surface area contributed by atoms with Crippen molar-refractivity contribution in [2.24, 2.45) is 0 Å². The number of hydrogen-bond donors (Lipinski definition) is 0. The zero-order valence-corrected chi connectivity index (χ0v) is 17.9. The Morgan fingerprint density at radius 2 is 1.62 bits per heavy atom. The van der Waals surface area contributed by atoms with Gasteiger partial charge in [-0.25, -0.2) is 12.4 Å². The number of halogens is 1. The van der Waals surface area contributed by atoms with Crippen LogP contribution in [0.25, 0.3) is 16.5 Å². The Morgan fingerprint density at radius 3 is 2.21 bits per heavy atom. The second-order valence-corrected chi connectivity index (χ2v) is 9.23. The van der Waals surface area contributed by atoms with Crippen molar-refractivity contribution in [3.05, 3.63) is 59.3 Å². The lowest BCUT2D eigenvalue weighted by atomic mass is 10.1. The van der Waals surface area contributed by atoms with Crippen molar-refractivity contribution in [3.63, 3.8) is 0 Å². The van der Waals surface area contributed by atoms with E-state index < -0.39 is 10.0 Å². The second kappa shape index (κ2) is 7.40. The number of benzene rings is 2. The minimum atomic E-state index is -3.81. The molecule has 1 aliphatic rings. The maximum atomic E-state index is 13.4. The van der Waals surface area contributed by atoms with Gasteiger partial charge in [-0.1, -0.05) is 11.6 Å². The molecule has 4 rings (SSSR count). The second-order valence-electron chi connectivity index (χ2n) is 6.96. The standard InChI is InChI=1S/C21H21ClN2O4S/c1-23-11-19(20(22)13-23)18-12-24(21-9-6-15(28-3)10-17(18)21)29(25,26)16-7-4-14(27-2)5-8-16/h4-10,12H,11,13H2,1-3H3. The van der Waals surface area contributed by atoms with Crippen LogP contribution in [0.2, 0.25) is 0 Å². The summed E-state index contributed by atoms with van der Waals surface area (Å²) in [5.74, 6) is 1.25. The molecule has 3 aromatic rings. The number of rotatable bonds is 5. The van der Waals surface area contributed by atoms with Crippen LogP contribution < -0.4 is 9.47 Å². The molecule has 0 saturated heterocycles. The fourth-order valence-electron chi connectivity index (χ4n) is 3.58.